The summed E-state index contributed by atoms with van der Waals surface area (Å²) < 4.78 is 2.57. The second-order valence-electron chi connectivity index (χ2n) is 7.69. The van der Waals surface area contributed by atoms with Gasteiger partial charge in [-0.05, 0) is 28.8 Å². The van der Waals surface area contributed by atoms with Gasteiger partial charge >= 0.3 is 0 Å². The molecule has 0 aliphatic carbocycles. The first-order valence-corrected chi connectivity index (χ1v) is 10.4. The molecule has 0 bridgehead atoms. The molecule has 106 valence electrons. The van der Waals surface area contributed by atoms with E-state index in [0.29, 0.717) is 11.0 Å². The van der Waals surface area contributed by atoms with Gasteiger partial charge in [-0.15, -0.1) is 0 Å². The van der Waals surface area contributed by atoms with Crippen LogP contribution in [0.2, 0.25) is 18.1 Å². The number of hydrogen-bond acceptors (Lipinski definition) is 0. The van der Waals surface area contributed by atoms with Crippen molar-refractivity contribution in [1.29, 1.82) is 0 Å². The molecule has 0 atom stereocenters. The van der Waals surface area contributed by atoms with Crippen molar-refractivity contribution >= 4 is 32.4 Å². The molecule has 1 nitrogen and oxygen atoms in total. The molecular formula is C17H26BNSi. The maximum Gasteiger partial charge on any atom is 0.161 e. The maximum absolute atomic E-state index is 6.00. The SMILES string of the molecule is [B]c1ccc2c(c1)c(C(C)C)cn2[Si](C)(C)C(C)(C)C. The fourth-order valence-electron chi connectivity index (χ4n) is 2.56. The summed E-state index contributed by atoms with van der Waals surface area (Å²) in [6, 6.07) is 6.35. The Morgan fingerprint density at radius 2 is 1.75 bits per heavy atom. The highest BCUT2D eigenvalue weighted by Gasteiger charge is 2.38. The second kappa shape index (κ2) is 4.80. The Morgan fingerprint density at radius 3 is 2.25 bits per heavy atom. The lowest BCUT2D eigenvalue weighted by atomic mass is 9.93. The van der Waals surface area contributed by atoms with Crippen molar-refractivity contribution in [3.63, 3.8) is 0 Å². The highest BCUT2D eigenvalue weighted by atomic mass is 28.3. The molecule has 20 heavy (non-hydrogen) atoms. The molecule has 2 rings (SSSR count). The summed E-state index contributed by atoms with van der Waals surface area (Å²) in [4.78, 5) is 0. The predicted molar refractivity (Wildman–Crippen MR) is 94.0 cm³/mol. The molecule has 1 aromatic heterocycles. The van der Waals surface area contributed by atoms with Crippen LogP contribution < -0.4 is 5.46 Å². The van der Waals surface area contributed by atoms with E-state index in [1.54, 1.807) is 0 Å². The van der Waals surface area contributed by atoms with Crippen LogP contribution in [-0.2, 0) is 0 Å². The number of fused-ring (bicyclic) bond motifs is 1. The van der Waals surface area contributed by atoms with Gasteiger partial charge in [0.1, 0.15) is 7.85 Å². The van der Waals surface area contributed by atoms with E-state index in [1.165, 1.54) is 16.5 Å². The van der Waals surface area contributed by atoms with Gasteiger partial charge in [-0.1, -0.05) is 65.3 Å². The van der Waals surface area contributed by atoms with Crippen molar-refractivity contribution in [2.45, 2.75) is 58.7 Å². The highest BCUT2D eigenvalue weighted by Crippen LogP contribution is 2.40. The first kappa shape index (κ1) is 15.4. The minimum Gasteiger partial charge on any atom is -0.374 e. The first-order chi connectivity index (χ1) is 9.05. The van der Waals surface area contributed by atoms with Crippen molar-refractivity contribution in [1.82, 2.24) is 4.23 Å². The summed E-state index contributed by atoms with van der Waals surface area (Å²) in [5, 5.41) is 1.64. The zero-order valence-electron chi connectivity index (χ0n) is 13.9. The molecule has 3 heteroatoms. The number of nitrogens with zero attached hydrogens (tertiary/aromatic N) is 1. The van der Waals surface area contributed by atoms with Crippen LogP contribution in [-0.4, -0.2) is 20.3 Å². The number of aromatic nitrogens is 1. The third-order valence-electron chi connectivity index (χ3n) is 4.92. The molecule has 1 heterocycles. The third kappa shape index (κ3) is 2.37. The zero-order chi connectivity index (χ0) is 15.3. The number of rotatable bonds is 2. The van der Waals surface area contributed by atoms with E-state index in [9.17, 15) is 0 Å². The molecule has 2 radical (unpaired) electrons. The molecule has 0 fully saturated rings. The average Bonchev–Trinajstić information content (AvgIpc) is 2.66. The van der Waals surface area contributed by atoms with Gasteiger partial charge in [0.15, 0.2) is 8.24 Å². The van der Waals surface area contributed by atoms with Crippen LogP contribution in [0.4, 0.5) is 0 Å². The van der Waals surface area contributed by atoms with E-state index in [2.05, 4.69) is 70.3 Å². The topological polar surface area (TPSA) is 4.93 Å². The number of hydrogen-bond donors (Lipinski definition) is 0. The molecule has 0 saturated heterocycles. The summed E-state index contributed by atoms with van der Waals surface area (Å²) in [6.07, 6.45) is 2.38. The van der Waals surface area contributed by atoms with Crippen molar-refractivity contribution in [3.8, 4) is 0 Å². The summed E-state index contributed by atoms with van der Waals surface area (Å²) in [5.41, 5.74) is 3.61. The van der Waals surface area contributed by atoms with Crippen LogP contribution in [0.3, 0.4) is 0 Å². The Balaban J connectivity index is 2.79. The number of benzene rings is 1. The summed E-state index contributed by atoms with van der Waals surface area (Å²) in [6.45, 7) is 16.5. The molecular weight excluding hydrogens is 257 g/mol. The van der Waals surface area contributed by atoms with Crippen molar-refractivity contribution < 1.29 is 0 Å². The summed E-state index contributed by atoms with van der Waals surface area (Å²) in [5.74, 6) is 0.519. The second-order valence-corrected chi connectivity index (χ2v) is 12.8. The van der Waals surface area contributed by atoms with Crippen LogP contribution in [0.15, 0.2) is 24.4 Å². The van der Waals surface area contributed by atoms with E-state index in [1.807, 2.05) is 6.07 Å². The maximum atomic E-state index is 6.00. The summed E-state index contributed by atoms with van der Waals surface area (Å²) in [7, 11) is 4.39. The summed E-state index contributed by atoms with van der Waals surface area (Å²) >= 11 is 0. The normalized spacial score (nSPS) is 13.4. The Hall–Kier alpha value is -0.958. The van der Waals surface area contributed by atoms with E-state index < -0.39 is 8.24 Å². The lowest BCUT2D eigenvalue weighted by Gasteiger charge is -2.38. The van der Waals surface area contributed by atoms with Gasteiger partial charge in [-0.25, -0.2) is 0 Å². The fourth-order valence-corrected chi connectivity index (χ4v) is 4.54. The molecule has 0 unspecified atom stereocenters. The van der Waals surface area contributed by atoms with Gasteiger partial charge in [-0.2, -0.15) is 0 Å². The predicted octanol–water partition coefficient (Wildman–Crippen LogP) is 4.41. The van der Waals surface area contributed by atoms with Crippen LogP contribution in [0, 0.1) is 0 Å². The smallest absolute Gasteiger partial charge is 0.161 e. The van der Waals surface area contributed by atoms with Crippen molar-refractivity contribution in [2.75, 3.05) is 0 Å². The zero-order valence-corrected chi connectivity index (χ0v) is 14.9. The van der Waals surface area contributed by atoms with Crippen molar-refractivity contribution in [3.05, 3.63) is 30.0 Å². The molecule has 0 aliphatic heterocycles. The van der Waals surface area contributed by atoms with Gasteiger partial charge in [0.05, 0.1) is 0 Å². The average molecular weight is 283 g/mol. The molecule has 0 aliphatic rings. The quantitative estimate of drug-likeness (QED) is 0.719. The Kier molecular flexibility index (Phi) is 3.70. The minimum atomic E-state index is -1.61. The molecule has 0 spiro atoms. The molecule has 0 amide bonds. The van der Waals surface area contributed by atoms with E-state index in [4.69, 9.17) is 7.85 Å². The molecule has 1 aromatic carbocycles. The molecule has 0 N–H and O–H groups in total. The fraction of sp³-hybridized carbons (Fsp3) is 0.529. The Bertz CT molecular complexity index is 632. The van der Waals surface area contributed by atoms with Gasteiger partial charge < -0.3 is 4.23 Å². The van der Waals surface area contributed by atoms with E-state index in [-0.39, 0.29) is 0 Å². The standard InChI is InChI=1S/C17H26BNSi/c1-12(2)15-11-19(20(6,7)17(3,4)5)16-9-8-13(18)10-14(15)16/h8-12H,1-7H3. The lowest BCUT2D eigenvalue weighted by Crippen LogP contribution is -2.44. The van der Waals surface area contributed by atoms with E-state index in [0.717, 1.165) is 5.46 Å². The first-order valence-electron chi connectivity index (χ1n) is 7.46. The van der Waals surface area contributed by atoms with Crippen LogP contribution in [0.5, 0.6) is 0 Å². The lowest BCUT2D eigenvalue weighted by molar-refractivity contribution is 0.702. The molecule has 0 saturated carbocycles. The van der Waals surface area contributed by atoms with Crippen molar-refractivity contribution in [2.24, 2.45) is 0 Å². The Morgan fingerprint density at radius 1 is 1.15 bits per heavy atom. The van der Waals surface area contributed by atoms with Gasteiger partial charge in [-0.3, -0.25) is 0 Å². The van der Waals surface area contributed by atoms with Crippen LogP contribution >= 0.6 is 0 Å². The van der Waals surface area contributed by atoms with Crippen LogP contribution in [0.25, 0.3) is 10.9 Å². The third-order valence-corrected chi connectivity index (χ3v) is 10.2. The van der Waals surface area contributed by atoms with Gasteiger partial charge in [0, 0.05) is 10.9 Å². The Labute approximate surface area is 125 Å². The highest BCUT2D eigenvalue weighted by molar-refractivity contribution is 6.79. The minimum absolute atomic E-state index is 0.314. The molecule has 2 aromatic rings. The monoisotopic (exact) mass is 283 g/mol. The van der Waals surface area contributed by atoms with Crippen LogP contribution in [0.1, 0.15) is 46.1 Å². The van der Waals surface area contributed by atoms with Gasteiger partial charge in [0.2, 0.25) is 0 Å². The van der Waals surface area contributed by atoms with E-state index >= 15 is 0 Å². The largest absolute Gasteiger partial charge is 0.374 e. The van der Waals surface area contributed by atoms with Gasteiger partial charge in [0.25, 0.3) is 0 Å².